The zero-order valence-corrected chi connectivity index (χ0v) is 12.0. The molecule has 18 heavy (non-hydrogen) atoms. The lowest BCUT2D eigenvalue weighted by molar-refractivity contribution is -0.121. The molecule has 0 aliphatic rings. The maximum atomic E-state index is 11.6. The van der Waals surface area contributed by atoms with Gasteiger partial charge in [0, 0.05) is 18.3 Å². The Bertz CT molecular complexity index is 377. The van der Waals surface area contributed by atoms with E-state index in [1.54, 1.807) is 0 Å². The smallest absolute Gasteiger partial charge is 0.220 e. The molecule has 0 heterocycles. The quantitative estimate of drug-likeness (QED) is 0.595. The number of rotatable bonds is 7. The first-order valence-electron chi connectivity index (χ1n) is 6.55. The fourth-order valence-electron chi connectivity index (χ4n) is 1.84. The van der Waals surface area contributed by atoms with Gasteiger partial charge >= 0.3 is 0 Å². The van der Waals surface area contributed by atoms with Crippen LogP contribution in [0.1, 0.15) is 37.3 Å². The summed E-state index contributed by atoms with van der Waals surface area (Å²) >= 11 is 5.84. The molecule has 1 aromatic carbocycles. The average molecular weight is 268 g/mol. The second kappa shape index (κ2) is 8.15. The summed E-state index contributed by atoms with van der Waals surface area (Å²) in [6, 6.07) is 8.20. The van der Waals surface area contributed by atoms with E-state index in [1.807, 2.05) is 19.1 Å². The van der Waals surface area contributed by atoms with E-state index in [2.05, 4.69) is 24.4 Å². The van der Waals surface area contributed by atoms with E-state index >= 15 is 0 Å². The third kappa shape index (κ3) is 6.06. The second-order valence-corrected chi connectivity index (χ2v) is 5.44. The third-order valence-corrected chi connectivity index (χ3v) is 3.20. The SMILES string of the molecule is Cc1ccccc1CCC(=O)NCCCC(C)Cl. The topological polar surface area (TPSA) is 29.1 Å². The number of halogens is 1. The number of carbonyl (C=O) groups is 1. The van der Waals surface area contributed by atoms with Crippen molar-refractivity contribution in [2.45, 2.75) is 44.9 Å². The predicted octanol–water partition coefficient (Wildman–Crippen LogP) is 3.45. The lowest BCUT2D eigenvalue weighted by Crippen LogP contribution is -2.25. The fraction of sp³-hybridized carbons (Fsp3) is 0.533. The second-order valence-electron chi connectivity index (χ2n) is 4.70. The molecule has 1 amide bonds. The normalized spacial score (nSPS) is 12.2. The van der Waals surface area contributed by atoms with Gasteiger partial charge in [-0.05, 0) is 44.2 Å². The first-order valence-corrected chi connectivity index (χ1v) is 6.98. The van der Waals surface area contributed by atoms with Crippen LogP contribution in [0.15, 0.2) is 24.3 Å². The highest BCUT2D eigenvalue weighted by molar-refractivity contribution is 6.20. The average Bonchev–Trinajstić information content (AvgIpc) is 2.33. The maximum absolute atomic E-state index is 11.6. The summed E-state index contributed by atoms with van der Waals surface area (Å²) < 4.78 is 0. The molecule has 1 aromatic rings. The van der Waals surface area contributed by atoms with E-state index in [1.165, 1.54) is 11.1 Å². The predicted molar refractivity (Wildman–Crippen MR) is 77.1 cm³/mol. The zero-order valence-electron chi connectivity index (χ0n) is 11.2. The van der Waals surface area contributed by atoms with Gasteiger partial charge in [-0.15, -0.1) is 11.6 Å². The Balaban J connectivity index is 2.19. The third-order valence-electron chi connectivity index (χ3n) is 2.98. The van der Waals surface area contributed by atoms with Crippen LogP contribution in [0.5, 0.6) is 0 Å². The minimum Gasteiger partial charge on any atom is -0.356 e. The molecule has 1 atom stereocenters. The molecular weight excluding hydrogens is 246 g/mol. The molecular formula is C15H22ClNO. The zero-order chi connectivity index (χ0) is 13.4. The Hall–Kier alpha value is -1.02. The summed E-state index contributed by atoms with van der Waals surface area (Å²) in [5.41, 5.74) is 2.50. The van der Waals surface area contributed by atoms with Crippen molar-refractivity contribution < 1.29 is 4.79 Å². The number of hydrogen-bond acceptors (Lipinski definition) is 1. The van der Waals surface area contributed by atoms with Crippen molar-refractivity contribution in [1.29, 1.82) is 0 Å². The Morgan fingerprint density at radius 3 is 2.78 bits per heavy atom. The summed E-state index contributed by atoms with van der Waals surface area (Å²) in [4.78, 5) is 11.6. The number of benzene rings is 1. The van der Waals surface area contributed by atoms with Gasteiger partial charge in [0.05, 0.1) is 0 Å². The van der Waals surface area contributed by atoms with Gasteiger partial charge in [-0.25, -0.2) is 0 Å². The minimum absolute atomic E-state index is 0.125. The summed E-state index contributed by atoms with van der Waals surface area (Å²) in [5, 5.41) is 3.12. The van der Waals surface area contributed by atoms with Crippen LogP contribution in [0.3, 0.4) is 0 Å². The number of alkyl halides is 1. The first-order chi connectivity index (χ1) is 8.59. The summed E-state index contributed by atoms with van der Waals surface area (Å²) in [5.74, 6) is 0.125. The van der Waals surface area contributed by atoms with Gasteiger partial charge in [0.25, 0.3) is 0 Å². The largest absolute Gasteiger partial charge is 0.356 e. The number of nitrogens with one attached hydrogen (secondary N) is 1. The number of aryl methyl sites for hydroxylation is 2. The monoisotopic (exact) mass is 267 g/mol. The van der Waals surface area contributed by atoms with Crippen molar-refractivity contribution >= 4 is 17.5 Å². The van der Waals surface area contributed by atoms with Gasteiger partial charge in [-0.2, -0.15) is 0 Å². The van der Waals surface area contributed by atoms with E-state index in [9.17, 15) is 4.79 Å². The maximum Gasteiger partial charge on any atom is 0.220 e. The van der Waals surface area contributed by atoms with Crippen molar-refractivity contribution in [1.82, 2.24) is 5.32 Å². The van der Waals surface area contributed by atoms with Crippen molar-refractivity contribution in [2.75, 3.05) is 6.54 Å². The molecule has 0 radical (unpaired) electrons. The molecule has 2 nitrogen and oxygen atoms in total. The van der Waals surface area contributed by atoms with Gasteiger partial charge in [0.2, 0.25) is 5.91 Å². The number of amides is 1. The number of hydrogen-bond donors (Lipinski definition) is 1. The minimum atomic E-state index is 0.125. The van der Waals surface area contributed by atoms with E-state index in [4.69, 9.17) is 11.6 Å². The molecule has 0 aromatic heterocycles. The van der Waals surface area contributed by atoms with Crippen LogP contribution in [0.2, 0.25) is 0 Å². The van der Waals surface area contributed by atoms with Crippen LogP contribution in [-0.4, -0.2) is 17.8 Å². The first kappa shape index (κ1) is 15.0. The molecule has 0 bridgehead atoms. The van der Waals surface area contributed by atoms with Gasteiger partial charge in [0.1, 0.15) is 0 Å². The Morgan fingerprint density at radius 2 is 2.11 bits per heavy atom. The van der Waals surface area contributed by atoms with Crippen LogP contribution >= 0.6 is 11.6 Å². The van der Waals surface area contributed by atoms with Crippen molar-refractivity contribution in [2.24, 2.45) is 0 Å². The molecule has 100 valence electrons. The molecule has 3 heteroatoms. The van der Waals surface area contributed by atoms with E-state index < -0.39 is 0 Å². The van der Waals surface area contributed by atoms with Crippen molar-refractivity contribution in [3.05, 3.63) is 35.4 Å². The molecule has 0 spiro atoms. The van der Waals surface area contributed by atoms with Crippen molar-refractivity contribution in [3.8, 4) is 0 Å². The molecule has 1 rings (SSSR count). The standard InChI is InChI=1S/C15H22ClNO/c1-12-6-3-4-8-14(12)9-10-15(18)17-11-5-7-13(2)16/h3-4,6,8,13H,5,7,9-11H2,1-2H3,(H,17,18). The molecule has 1 unspecified atom stereocenters. The van der Waals surface area contributed by atoms with Crippen LogP contribution in [0, 0.1) is 6.92 Å². The fourth-order valence-corrected chi connectivity index (χ4v) is 1.99. The Morgan fingerprint density at radius 1 is 1.39 bits per heavy atom. The van der Waals surface area contributed by atoms with Gasteiger partial charge < -0.3 is 5.32 Å². The Labute approximate surface area is 115 Å². The highest BCUT2D eigenvalue weighted by Gasteiger charge is 2.03. The van der Waals surface area contributed by atoms with Crippen LogP contribution in [0.25, 0.3) is 0 Å². The van der Waals surface area contributed by atoms with Crippen LogP contribution in [0.4, 0.5) is 0 Å². The Kier molecular flexibility index (Phi) is 6.81. The molecule has 0 saturated heterocycles. The molecule has 0 fully saturated rings. The highest BCUT2D eigenvalue weighted by atomic mass is 35.5. The lowest BCUT2D eigenvalue weighted by Gasteiger charge is -2.07. The van der Waals surface area contributed by atoms with Gasteiger partial charge in [-0.1, -0.05) is 24.3 Å². The lowest BCUT2D eigenvalue weighted by atomic mass is 10.0. The molecule has 1 N–H and O–H groups in total. The van der Waals surface area contributed by atoms with Crippen LogP contribution in [-0.2, 0) is 11.2 Å². The van der Waals surface area contributed by atoms with E-state index in [0.29, 0.717) is 6.42 Å². The van der Waals surface area contributed by atoms with Crippen LogP contribution < -0.4 is 5.32 Å². The van der Waals surface area contributed by atoms with Crippen molar-refractivity contribution in [3.63, 3.8) is 0 Å². The van der Waals surface area contributed by atoms with Gasteiger partial charge in [0.15, 0.2) is 0 Å². The van der Waals surface area contributed by atoms with E-state index in [0.717, 1.165) is 25.8 Å². The molecule has 0 aliphatic heterocycles. The molecule has 0 saturated carbocycles. The summed E-state index contributed by atoms with van der Waals surface area (Å²) in [6.45, 7) is 4.78. The molecule has 0 aliphatic carbocycles. The van der Waals surface area contributed by atoms with E-state index in [-0.39, 0.29) is 11.3 Å². The summed E-state index contributed by atoms with van der Waals surface area (Å²) in [6.07, 6.45) is 3.26. The van der Waals surface area contributed by atoms with Gasteiger partial charge in [-0.3, -0.25) is 4.79 Å². The highest BCUT2D eigenvalue weighted by Crippen LogP contribution is 2.09. The number of carbonyl (C=O) groups excluding carboxylic acids is 1. The summed E-state index contributed by atoms with van der Waals surface area (Å²) in [7, 11) is 0.